The summed E-state index contributed by atoms with van der Waals surface area (Å²) >= 11 is 0. The summed E-state index contributed by atoms with van der Waals surface area (Å²) in [6, 6.07) is 4.85. The number of rotatable bonds is 6. The van der Waals surface area contributed by atoms with Gasteiger partial charge in [0.25, 0.3) is 0 Å². The van der Waals surface area contributed by atoms with Crippen LogP contribution in [0.25, 0.3) is 11.0 Å². The third kappa shape index (κ3) is 3.09. The second kappa shape index (κ2) is 7.04. The maximum Gasteiger partial charge on any atom is 0.338 e. The lowest BCUT2D eigenvalue weighted by Gasteiger charge is -2.42. The first kappa shape index (κ1) is 20.0. The number of aromatic amines is 1. The van der Waals surface area contributed by atoms with E-state index in [2.05, 4.69) is 15.0 Å². The van der Waals surface area contributed by atoms with Gasteiger partial charge in [0.1, 0.15) is 23.8 Å². The molecule has 2 fully saturated rings. The van der Waals surface area contributed by atoms with E-state index in [9.17, 15) is 13.2 Å². The molecule has 1 amide bonds. The van der Waals surface area contributed by atoms with E-state index in [1.165, 1.54) is 10.6 Å². The van der Waals surface area contributed by atoms with E-state index in [-0.39, 0.29) is 12.5 Å². The zero-order chi connectivity index (χ0) is 21.8. The molecule has 3 aromatic rings. The molecular weight excluding hydrogens is 422 g/mol. The molecule has 1 spiro atoms. The van der Waals surface area contributed by atoms with Crippen LogP contribution in [-0.2, 0) is 19.3 Å². The zero-order valence-electron chi connectivity index (χ0n) is 16.9. The molecule has 1 aliphatic heterocycles. The van der Waals surface area contributed by atoms with Crippen LogP contribution in [0.5, 0.6) is 0 Å². The minimum Gasteiger partial charge on any atom is -0.368 e. The maximum absolute atomic E-state index is 12.8. The molecule has 0 bridgehead atoms. The van der Waals surface area contributed by atoms with Crippen molar-refractivity contribution >= 4 is 33.1 Å². The van der Waals surface area contributed by atoms with Crippen molar-refractivity contribution in [2.24, 2.45) is 11.7 Å². The number of hydrogen-bond acceptors (Lipinski definition) is 7. The highest BCUT2D eigenvalue weighted by molar-refractivity contribution is 7.84. The minimum absolute atomic E-state index is 0.208. The lowest BCUT2D eigenvalue weighted by Crippen LogP contribution is -2.59. The van der Waals surface area contributed by atoms with Gasteiger partial charge in [0.05, 0.1) is 18.0 Å². The first-order valence-corrected chi connectivity index (χ1v) is 11.3. The molecule has 1 saturated carbocycles. The summed E-state index contributed by atoms with van der Waals surface area (Å²) in [5.74, 6) is -0.0731. The van der Waals surface area contributed by atoms with E-state index >= 15 is 0 Å². The Morgan fingerprint density at radius 1 is 1.32 bits per heavy atom. The van der Waals surface area contributed by atoms with Crippen LogP contribution in [0.15, 0.2) is 43.1 Å². The van der Waals surface area contributed by atoms with Crippen LogP contribution >= 0.6 is 0 Å². The first-order valence-electron chi connectivity index (χ1n) is 9.90. The summed E-state index contributed by atoms with van der Waals surface area (Å²) in [7, 11) is -2.81. The molecule has 1 aliphatic carbocycles. The lowest BCUT2D eigenvalue weighted by atomic mass is 10.0. The normalized spacial score (nSPS) is 25.2. The predicted molar refractivity (Wildman–Crippen MR) is 112 cm³/mol. The highest BCUT2D eigenvalue weighted by atomic mass is 32.2. The number of carbonyl (C=O) groups is 1. The maximum atomic E-state index is 12.8. The number of aromatic nitrogens is 4. The number of fused-ring (bicyclic) bond motifs is 1. The average molecular weight is 446 g/mol. The number of nitrogens with one attached hydrogen (secondary N) is 1. The van der Waals surface area contributed by atoms with Gasteiger partial charge in [-0.3, -0.25) is 8.98 Å². The Morgan fingerprint density at radius 3 is 2.81 bits per heavy atom. The molecule has 31 heavy (non-hydrogen) atoms. The molecular formula is C19H23N7O4S. The third-order valence-electron chi connectivity index (χ3n) is 6.37. The molecule has 0 aromatic carbocycles. The van der Waals surface area contributed by atoms with Gasteiger partial charge in [-0.05, 0) is 24.6 Å². The quantitative estimate of drug-likeness (QED) is 0.555. The fraction of sp³-hybridized carbons (Fsp3) is 0.421. The van der Waals surface area contributed by atoms with Gasteiger partial charge >= 0.3 is 10.3 Å². The monoisotopic (exact) mass is 445 g/mol. The number of nitrogens with zero attached hydrogens (tertiary/aromatic N) is 5. The van der Waals surface area contributed by atoms with Crippen molar-refractivity contribution in [2.45, 2.75) is 18.0 Å². The molecule has 5 rings (SSSR count). The van der Waals surface area contributed by atoms with Gasteiger partial charge in [-0.25, -0.2) is 9.97 Å². The van der Waals surface area contributed by atoms with Gasteiger partial charge in [-0.15, -0.1) is 0 Å². The van der Waals surface area contributed by atoms with Gasteiger partial charge in [-0.2, -0.15) is 12.7 Å². The van der Waals surface area contributed by atoms with E-state index in [0.717, 1.165) is 18.3 Å². The molecule has 3 unspecified atom stereocenters. The first-order chi connectivity index (χ1) is 14.9. The summed E-state index contributed by atoms with van der Waals surface area (Å²) < 4.78 is 33.5. The Kier molecular flexibility index (Phi) is 4.53. The highest BCUT2D eigenvalue weighted by Crippen LogP contribution is 2.57. The van der Waals surface area contributed by atoms with Crippen LogP contribution in [-0.4, -0.2) is 70.4 Å². The fourth-order valence-electron chi connectivity index (χ4n) is 4.92. The highest BCUT2D eigenvalue weighted by Gasteiger charge is 2.67. The van der Waals surface area contributed by atoms with Crippen molar-refractivity contribution in [1.82, 2.24) is 23.8 Å². The number of H-pyrrole nitrogens is 1. The number of amides is 1. The van der Waals surface area contributed by atoms with Crippen LogP contribution in [0.3, 0.4) is 0 Å². The van der Waals surface area contributed by atoms with Crippen molar-refractivity contribution in [3.05, 3.63) is 43.1 Å². The van der Waals surface area contributed by atoms with Crippen LogP contribution < -0.4 is 10.6 Å². The number of primary amides is 1. The molecule has 4 heterocycles. The van der Waals surface area contributed by atoms with E-state index in [1.54, 1.807) is 23.2 Å². The van der Waals surface area contributed by atoms with Gasteiger partial charge in [0, 0.05) is 44.1 Å². The van der Waals surface area contributed by atoms with Crippen LogP contribution in [0.4, 0.5) is 5.82 Å². The van der Waals surface area contributed by atoms with Crippen molar-refractivity contribution in [2.75, 3.05) is 31.6 Å². The summed E-state index contributed by atoms with van der Waals surface area (Å²) in [4.78, 5) is 26.2. The molecule has 1 saturated heterocycles. The topological polar surface area (TPSA) is 139 Å². The SMILES string of the molecule is COS(=O)(=O)N1CCN(c2ncnc3[nH]ccc23)CC12CC2C(C(N)=O)n1cccc1. The van der Waals surface area contributed by atoms with Gasteiger partial charge < -0.3 is 20.2 Å². The largest absolute Gasteiger partial charge is 0.368 e. The van der Waals surface area contributed by atoms with Crippen LogP contribution in [0, 0.1) is 5.92 Å². The fourth-order valence-corrected chi connectivity index (χ4v) is 6.12. The molecule has 2 aliphatic rings. The predicted octanol–water partition coefficient (Wildman–Crippen LogP) is 0.258. The Labute approximate surface area is 179 Å². The summed E-state index contributed by atoms with van der Waals surface area (Å²) in [5.41, 5.74) is 5.64. The van der Waals surface area contributed by atoms with Crippen molar-refractivity contribution in [1.29, 1.82) is 0 Å². The number of piperazine rings is 1. The molecule has 0 radical (unpaired) electrons. The Hall–Kier alpha value is -2.96. The van der Waals surface area contributed by atoms with Gasteiger partial charge in [-0.1, -0.05) is 0 Å². The second-order valence-corrected chi connectivity index (χ2v) is 9.58. The standard InChI is InChI=1S/C19H23N7O4S/c1-30-31(28,29)26-9-8-25(18-13-4-5-21-17(13)22-12-23-18)11-19(26)10-14(19)15(16(20)27)24-6-2-3-7-24/h2-7,12,14-15H,8-11H2,1H3,(H2,20,27)(H,21,22,23). The van der Waals surface area contributed by atoms with Crippen LogP contribution in [0.1, 0.15) is 12.5 Å². The summed E-state index contributed by atoms with van der Waals surface area (Å²) in [6.45, 7) is 1.00. The smallest absolute Gasteiger partial charge is 0.338 e. The van der Waals surface area contributed by atoms with Crippen molar-refractivity contribution in [3.63, 3.8) is 0 Å². The third-order valence-corrected chi connectivity index (χ3v) is 7.88. The van der Waals surface area contributed by atoms with Crippen LogP contribution in [0.2, 0.25) is 0 Å². The number of anilines is 1. The number of carbonyl (C=O) groups excluding carboxylic acids is 1. The van der Waals surface area contributed by atoms with Crippen molar-refractivity contribution in [3.8, 4) is 0 Å². The lowest BCUT2D eigenvalue weighted by molar-refractivity contribution is -0.122. The second-order valence-electron chi connectivity index (χ2n) is 7.95. The van der Waals surface area contributed by atoms with Crippen molar-refractivity contribution < 1.29 is 17.4 Å². The number of hydrogen-bond donors (Lipinski definition) is 2. The molecule has 12 heteroatoms. The average Bonchev–Trinajstić information content (AvgIpc) is 3.14. The zero-order valence-corrected chi connectivity index (χ0v) is 17.7. The van der Waals surface area contributed by atoms with E-state index in [4.69, 9.17) is 9.92 Å². The Morgan fingerprint density at radius 2 is 2.10 bits per heavy atom. The Balaban J connectivity index is 1.55. The van der Waals surface area contributed by atoms with E-state index in [0.29, 0.717) is 25.2 Å². The summed E-state index contributed by atoms with van der Waals surface area (Å²) in [5, 5.41) is 0.856. The molecule has 3 aromatic heterocycles. The molecule has 3 atom stereocenters. The number of nitrogens with two attached hydrogens (primary N) is 1. The molecule has 11 nitrogen and oxygen atoms in total. The van der Waals surface area contributed by atoms with Gasteiger partial charge in [0.2, 0.25) is 5.91 Å². The summed E-state index contributed by atoms with van der Waals surface area (Å²) in [6.07, 6.45) is 7.30. The van der Waals surface area contributed by atoms with E-state index in [1.807, 2.05) is 23.1 Å². The van der Waals surface area contributed by atoms with E-state index < -0.39 is 27.8 Å². The molecule has 3 N–H and O–H groups in total. The van der Waals surface area contributed by atoms with Gasteiger partial charge in [0.15, 0.2) is 0 Å². The minimum atomic E-state index is -3.96. The Bertz CT molecular complexity index is 1230. The molecule has 164 valence electrons.